The van der Waals surface area contributed by atoms with E-state index < -0.39 is 0 Å². The molecule has 0 radical (unpaired) electrons. The van der Waals surface area contributed by atoms with Gasteiger partial charge in [-0.05, 0) is 32.9 Å². The van der Waals surface area contributed by atoms with Gasteiger partial charge in [-0.3, -0.25) is 9.59 Å². The van der Waals surface area contributed by atoms with E-state index in [1.807, 2.05) is 13.8 Å². The molecule has 0 aliphatic rings. The Morgan fingerprint density at radius 2 is 1.52 bits per heavy atom. The van der Waals surface area contributed by atoms with Gasteiger partial charge in [0.2, 0.25) is 0 Å². The van der Waals surface area contributed by atoms with E-state index in [0.717, 1.165) is 0 Å². The maximum atomic E-state index is 12.5. The molecule has 0 aromatic heterocycles. The Morgan fingerprint density at radius 1 is 0.957 bits per heavy atom. The number of hydrogen-bond donors (Lipinski definition) is 0. The van der Waals surface area contributed by atoms with Crippen molar-refractivity contribution in [3.63, 3.8) is 0 Å². The van der Waals surface area contributed by atoms with Crippen LogP contribution in [0.3, 0.4) is 0 Å². The maximum Gasteiger partial charge on any atom is 0.307 e. The van der Waals surface area contributed by atoms with Gasteiger partial charge in [-0.1, -0.05) is 0 Å². The van der Waals surface area contributed by atoms with Crippen LogP contribution >= 0.6 is 0 Å². The fraction of sp³-hybridized carbons (Fsp3) is 0.529. The first kappa shape index (κ1) is 18.8. The molecule has 0 aliphatic carbocycles. The van der Waals surface area contributed by atoms with Gasteiger partial charge in [0.05, 0.1) is 26.2 Å². The second kappa shape index (κ2) is 9.71. The summed E-state index contributed by atoms with van der Waals surface area (Å²) < 4.78 is 15.8. The molecule has 6 nitrogen and oxygen atoms in total. The predicted octanol–water partition coefficient (Wildman–Crippen LogP) is 2.51. The molecule has 1 aromatic rings. The lowest BCUT2D eigenvalue weighted by Crippen LogP contribution is -2.29. The summed E-state index contributed by atoms with van der Waals surface area (Å²) in [6.45, 7) is 7.14. The third-order valence-corrected chi connectivity index (χ3v) is 3.05. The monoisotopic (exact) mass is 323 g/mol. The number of esters is 1. The number of nitrogens with zero attached hydrogens (tertiary/aromatic N) is 1. The second-order valence-corrected chi connectivity index (χ2v) is 4.84. The van der Waals surface area contributed by atoms with Crippen molar-refractivity contribution in [2.45, 2.75) is 27.2 Å². The quantitative estimate of drug-likeness (QED) is 0.653. The minimum atomic E-state index is -0.315. The van der Waals surface area contributed by atoms with Crippen molar-refractivity contribution >= 4 is 11.9 Å². The van der Waals surface area contributed by atoms with E-state index in [4.69, 9.17) is 14.2 Å². The summed E-state index contributed by atoms with van der Waals surface area (Å²) in [6.07, 6.45) is 0.166. The highest BCUT2D eigenvalue weighted by Gasteiger charge is 2.16. The molecule has 0 atom stereocenters. The maximum absolute atomic E-state index is 12.5. The lowest BCUT2D eigenvalue weighted by atomic mass is 10.1. The van der Waals surface area contributed by atoms with Crippen molar-refractivity contribution in [1.29, 1.82) is 0 Å². The largest absolute Gasteiger partial charge is 0.494 e. The lowest BCUT2D eigenvalue weighted by molar-refractivity contribution is -0.143. The summed E-state index contributed by atoms with van der Waals surface area (Å²) in [5.74, 6) is 0.656. The highest BCUT2D eigenvalue weighted by Crippen LogP contribution is 2.24. The van der Waals surface area contributed by atoms with Crippen molar-refractivity contribution in [3.05, 3.63) is 23.8 Å². The molecule has 1 aromatic carbocycles. The van der Waals surface area contributed by atoms with E-state index in [-0.39, 0.29) is 18.3 Å². The van der Waals surface area contributed by atoms with Crippen LogP contribution in [0.25, 0.3) is 0 Å². The number of hydrogen-bond acceptors (Lipinski definition) is 5. The molecule has 0 unspecified atom stereocenters. The highest BCUT2D eigenvalue weighted by molar-refractivity contribution is 5.95. The molecule has 0 aliphatic heterocycles. The number of ether oxygens (including phenoxy) is 3. The normalized spacial score (nSPS) is 10.1. The first-order valence-corrected chi connectivity index (χ1v) is 7.83. The van der Waals surface area contributed by atoms with Gasteiger partial charge in [0.15, 0.2) is 0 Å². The predicted molar refractivity (Wildman–Crippen MR) is 87.0 cm³/mol. The van der Waals surface area contributed by atoms with E-state index >= 15 is 0 Å². The summed E-state index contributed by atoms with van der Waals surface area (Å²) in [4.78, 5) is 25.4. The van der Waals surface area contributed by atoms with Crippen molar-refractivity contribution in [1.82, 2.24) is 4.90 Å². The highest BCUT2D eigenvalue weighted by atomic mass is 16.5. The van der Waals surface area contributed by atoms with Crippen LogP contribution in [-0.2, 0) is 9.53 Å². The minimum absolute atomic E-state index is 0.166. The van der Waals surface area contributed by atoms with Crippen LogP contribution in [0.15, 0.2) is 18.2 Å². The van der Waals surface area contributed by atoms with E-state index in [0.29, 0.717) is 43.4 Å². The van der Waals surface area contributed by atoms with Crippen LogP contribution in [-0.4, -0.2) is 50.2 Å². The molecule has 0 heterocycles. The lowest BCUT2D eigenvalue weighted by Gasteiger charge is -2.18. The first-order chi connectivity index (χ1) is 11.0. The van der Waals surface area contributed by atoms with Gasteiger partial charge in [-0.15, -0.1) is 0 Å². The Labute approximate surface area is 137 Å². The van der Waals surface area contributed by atoms with Crippen molar-refractivity contribution in [2.75, 3.05) is 33.4 Å². The Morgan fingerprint density at radius 3 is 2.00 bits per heavy atom. The first-order valence-electron chi connectivity index (χ1n) is 7.83. The molecule has 128 valence electrons. The van der Waals surface area contributed by atoms with Crippen molar-refractivity contribution in [3.8, 4) is 11.5 Å². The Bertz CT molecular complexity index is 505. The third kappa shape index (κ3) is 6.18. The van der Waals surface area contributed by atoms with Crippen molar-refractivity contribution in [2.24, 2.45) is 0 Å². The Hall–Kier alpha value is -2.24. The summed E-state index contributed by atoms with van der Waals surface area (Å²) in [6, 6.07) is 5.10. The summed E-state index contributed by atoms with van der Waals surface area (Å²) in [5.41, 5.74) is 0.464. The topological polar surface area (TPSA) is 65.1 Å². The van der Waals surface area contributed by atoms with Crippen molar-refractivity contribution < 1.29 is 23.8 Å². The fourth-order valence-corrected chi connectivity index (χ4v) is 2.01. The summed E-state index contributed by atoms with van der Waals surface area (Å²) in [7, 11) is 1.65. The molecule has 1 amide bonds. The van der Waals surface area contributed by atoms with Gasteiger partial charge in [-0.25, -0.2) is 0 Å². The molecule has 0 spiro atoms. The van der Waals surface area contributed by atoms with E-state index in [1.165, 1.54) is 4.90 Å². The molecule has 1 rings (SSSR count). The van der Waals surface area contributed by atoms with Gasteiger partial charge in [0.1, 0.15) is 11.5 Å². The zero-order valence-electron chi connectivity index (χ0n) is 14.3. The van der Waals surface area contributed by atoms with E-state index in [1.54, 1.807) is 32.2 Å². The Balaban J connectivity index is 2.81. The molecule has 0 bridgehead atoms. The molecule has 0 saturated heterocycles. The molecule has 6 heteroatoms. The zero-order chi connectivity index (χ0) is 17.2. The molecule has 0 saturated carbocycles. The summed E-state index contributed by atoms with van der Waals surface area (Å²) in [5, 5.41) is 0. The number of carbonyl (C=O) groups is 2. The molecule has 23 heavy (non-hydrogen) atoms. The van der Waals surface area contributed by atoms with Gasteiger partial charge in [-0.2, -0.15) is 0 Å². The fourth-order valence-electron chi connectivity index (χ4n) is 2.01. The molecular weight excluding hydrogens is 298 g/mol. The van der Waals surface area contributed by atoms with Gasteiger partial charge >= 0.3 is 5.97 Å². The van der Waals surface area contributed by atoms with Crippen LogP contribution in [0, 0.1) is 0 Å². The van der Waals surface area contributed by atoms with Crippen LogP contribution in [0.5, 0.6) is 11.5 Å². The standard InChI is InChI=1S/C17H25NO5/c1-5-21-14-10-13(11-15(12-14)22-6-2)17(20)18(4)9-8-16(19)23-7-3/h10-12H,5-9H2,1-4H3. The molecule has 0 N–H and O–H groups in total. The molecular formula is C17H25NO5. The van der Waals surface area contributed by atoms with Crippen LogP contribution < -0.4 is 9.47 Å². The van der Waals surface area contributed by atoms with E-state index in [2.05, 4.69) is 0 Å². The average Bonchev–Trinajstić information content (AvgIpc) is 2.52. The second-order valence-electron chi connectivity index (χ2n) is 4.84. The van der Waals surface area contributed by atoms with Gasteiger partial charge in [0, 0.05) is 25.2 Å². The average molecular weight is 323 g/mol. The minimum Gasteiger partial charge on any atom is -0.494 e. The number of rotatable bonds is 9. The summed E-state index contributed by atoms with van der Waals surface area (Å²) >= 11 is 0. The van der Waals surface area contributed by atoms with Crippen LogP contribution in [0.4, 0.5) is 0 Å². The third-order valence-electron chi connectivity index (χ3n) is 3.05. The smallest absolute Gasteiger partial charge is 0.307 e. The van der Waals surface area contributed by atoms with Crippen LogP contribution in [0.1, 0.15) is 37.6 Å². The zero-order valence-corrected chi connectivity index (χ0v) is 14.3. The van der Waals surface area contributed by atoms with E-state index in [9.17, 15) is 9.59 Å². The number of carbonyl (C=O) groups excluding carboxylic acids is 2. The number of benzene rings is 1. The SMILES string of the molecule is CCOC(=O)CCN(C)C(=O)c1cc(OCC)cc(OCC)c1. The van der Waals surface area contributed by atoms with Gasteiger partial charge < -0.3 is 19.1 Å². The van der Waals surface area contributed by atoms with Crippen LogP contribution in [0.2, 0.25) is 0 Å². The Kier molecular flexibility index (Phi) is 7.94. The molecule has 0 fully saturated rings. The number of amides is 1. The van der Waals surface area contributed by atoms with Gasteiger partial charge in [0.25, 0.3) is 5.91 Å².